The maximum atomic E-state index is 3.46. The summed E-state index contributed by atoms with van der Waals surface area (Å²) in [5.74, 6) is 0. The van der Waals surface area contributed by atoms with Crippen LogP contribution in [-0.2, 0) is 0 Å². The maximum absolute atomic E-state index is 3.46. The van der Waals surface area contributed by atoms with Crippen molar-refractivity contribution in [2.45, 2.75) is 0 Å². The number of rotatable bonds is 2. The van der Waals surface area contributed by atoms with Crippen molar-refractivity contribution >= 4 is 6.08 Å². The number of hydrogen-bond acceptors (Lipinski definition) is 0. The van der Waals surface area contributed by atoms with Crippen LogP contribution in [0.4, 0.5) is 0 Å². The van der Waals surface area contributed by atoms with Crippen molar-refractivity contribution in [1.82, 2.24) is 0 Å². The molecule has 54 valence electrons. The Labute approximate surface area is 67.2 Å². The number of allylic oxidation sites excluding steroid dienone is 2. The largest absolute Gasteiger partial charge is 0.129 e. The van der Waals surface area contributed by atoms with Gasteiger partial charge in [0.25, 0.3) is 0 Å². The van der Waals surface area contributed by atoms with Gasteiger partial charge < -0.3 is 0 Å². The molecule has 0 heteroatoms. The second-order valence-electron chi connectivity index (χ2n) is 2.14. The number of hydrogen-bond donors (Lipinski definition) is 0. The minimum atomic E-state index is 1.19. The molecule has 0 bridgehead atoms. The Kier molecular flexibility index (Phi) is 2.98. The second kappa shape index (κ2) is 4.32. The summed E-state index contributed by atoms with van der Waals surface area (Å²) >= 11 is 0. The Morgan fingerprint density at radius 1 is 1.18 bits per heavy atom. The fourth-order valence-electron chi connectivity index (χ4n) is 0.791. The van der Waals surface area contributed by atoms with Crippen LogP contribution in [0.5, 0.6) is 0 Å². The van der Waals surface area contributed by atoms with Gasteiger partial charge in [0.1, 0.15) is 0 Å². The lowest BCUT2D eigenvalue weighted by Crippen LogP contribution is -1.65. The van der Waals surface area contributed by atoms with Gasteiger partial charge in [-0.05, 0) is 11.6 Å². The van der Waals surface area contributed by atoms with Crippen LogP contribution >= 0.6 is 0 Å². The van der Waals surface area contributed by atoms with E-state index in [1.165, 1.54) is 5.56 Å². The van der Waals surface area contributed by atoms with Crippen LogP contribution in [0.3, 0.4) is 0 Å². The molecular weight excluding hydrogens is 132 g/mol. The smallest absolute Gasteiger partial charge is 0.0206 e. The van der Waals surface area contributed by atoms with Gasteiger partial charge in [-0.2, -0.15) is 0 Å². The van der Waals surface area contributed by atoms with Crippen LogP contribution in [0.25, 0.3) is 6.08 Å². The topological polar surface area (TPSA) is 0 Å². The third kappa shape index (κ3) is 2.70. The summed E-state index contributed by atoms with van der Waals surface area (Å²) < 4.78 is 0. The fourth-order valence-corrected chi connectivity index (χ4v) is 0.791. The van der Waals surface area contributed by atoms with Gasteiger partial charge in [-0.15, -0.1) is 5.73 Å². The normalized spacial score (nSPS) is 9.45. The van der Waals surface area contributed by atoms with E-state index in [9.17, 15) is 0 Å². The summed E-state index contributed by atoms with van der Waals surface area (Å²) in [5, 5.41) is 0. The summed E-state index contributed by atoms with van der Waals surface area (Å²) in [6.07, 6.45) is 5.72. The molecule has 0 aliphatic carbocycles. The monoisotopic (exact) mass is 142 g/mol. The second-order valence-corrected chi connectivity index (χ2v) is 2.14. The number of benzene rings is 1. The average molecular weight is 142 g/mol. The van der Waals surface area contributed by atoms with Crippen molar-refractivity contribution < 1.29 is 0 Å². The first-order chi connectivity index (χ1) is 5.43. The summed E-state index contributed by atoms with van der Waals surface area (Å²) in [7, 11) is 0. The van der Waals surface area contributed by atoms with Gasteiger partial charge in [0.15, 0.2) is 0 Å². The Hall–Kier alpha value is -1.52. The SMILES string of the molecule is C=C=C/C=C/c1ccccc1. The highest BCUT2D eigenvalue weighted by molar-refractivity contribution is 5.50. The minimum absolute atomic E-state index is 1.19. The summed E-state index contributed by atoms with van der Waals surface area (Å²) in [6, 6.07) is 10.1. The third-order valence-electron chi connectivity index (χ3n) is 1.30. The first-order valence-corrected chi connectivity index (χ1v) is 3.51. The van der Waals surface area contributed by atoms with Crippen LogP contribution in [0.15, 0.2) is 54.8 Å². The maximum Gasteiger partial charge on any atom is -0.0206 e. The summed E-state index contributed by atoms with van der Waals surface area (Å²) in [6.45, 7) is 3.46. The van der Waals surface area contributed by atoms with E-state index in [2.05, 4.69) is 12.3 Å². The summed E-state index contributed by atoms with van der Waals surface area (Å²) in [5.41, 5.74) is 3.87. The highest BCUT2D eigenvalue weighted by Crippen LogP contribution is 2.00. The molecule has 0 N–H and O–H groups in total. The lowest BCUT2D eigenvalue weighted by Gasteiger charge is -1.87. The summed E-state index contributed by atoms with van der Waals surface area (Å²) in [4.78, 5) is 0. The molecule has 0 aromatic heterocycles. The average Bonchev–Trinajstić information content (AvgIpc) is 2.07. The van der Waals surface area contributed by atoms with E-state index in [0.29, 0.717) is 0 Å². The lowest BCUT2D eigenvalue weighted by molar-refractivity contribution is 1.66. The van der Waals surface area contributed by atoms with Gasteiger partial charge in [0.2, 0.25) is 0 Å². The predicted octanol–water partition coefficient (Wildman–Crippen LogP) is 3.04. The first-order valence-electron chi connectivity index (χ1n) is 3.51. The van der Waals surface area contributed by atoms with E-state index in [0.717, 1.165) is 0 Å². The van der Waals surface area contributed by atoms with Gasteiger partial charge in [-0.3, -0.25) is 0 Å². The molecule has 1 rings (SSSR count). The molecular formula is C11H10. The fraction of sp³-hybridized carbons (Fsp3) is 0. The molecule has 0 saturated heterocycles. The highest BCUT2D eigenvalue weighted by Gasteiger charge is 1.78. The molecule has 0 nitrogen and oxygen atoms in total. The highest BCUT2D eigenvalue weighted by atomic mass is 13.8. The van der Waals surface area contributed by atoms with Crippen molar-refractivity contribution in [3.8, 4) is 0 Å². The molecule has 0 atom stereocenters. The quantitative estimate of drug-likeness (QED) is 0.440. The van der Waals surface area contributed by atoms with Crippen LogP contribution in [-0.4, -0.2) is 0 Å². The zero-order valence-electron chi connectivity index (χ0n) is 6.33. The van der Waals surface area contributed by atoms with E-state index in [-0.39, 0.29) is 0 Å². The third-order valence-corrected chi connectivity index (χ3v) is 1.30. The Morgan fingerprint density at radius 3 is 2.55 bits per heavy atom. The molecule has 0 aliphatic rings. The van der Waals surface area contributed by atoms with Gasteiger partial charge in [0, 0.05) is 0 Å². The van der Waals surface area contributed by atoms with Gasteiger partial charge in [-0.25, -0.2) is 0 Å². The molecule has 11 heavy (non-hydrogen) atoms. The molecule has 0 aliphatic heterocycles. The van der Waals surface area contributed by atoms with E-state index in [4.69, 9.17) is 0 Å². The van der Waals surface area contributed by atoms with Crippen LogP contribution in [0.2, 0.25) is 0 Å². The standard InChI is InChI=1S/C11H10/c1-2-3-5-8-11-9-6-4-7-10-11/h3-10H,1H2/b8-5+. The Bertz CT molecular complexity index is 274. The van der Waals surface area contributed by atoms with Gasteiger partial charge in [0.05, 0.1) is 0 Å². The van der Waals surface area contributed by atoms with E-state index in [1.807, 2.05) is 42.5 Å². The molecule has 0 saturated carbocycles. The first kappa shape index (κ1) is 7.59. The Morgan fingerprint density at radius 2 is 1.91 bits per heavy atom. The molecule has 0 spiro atoms. The molecule has 0 heterocycles. The Balaban J connectivity index is 2.72. The minimum Gasteiger partial charge on any atom is -0.129 e. The molecule has 0 unspecified atom stereocenters. The van der Waals surface area contributed by atoms with Crippen molar-refractivity contribution in [2.24, 2.45) is 0 Å². The molecule has 1 aromatic rings. The molecule has 1 aromatic carbocycles. The van der Waals surface area contributed by atoms with E-state index in [1.54, 1.807) is 6.08 Å². The van der Waals surface area contributed by atoms with E-state index < -0.39 is 0 Å². The van der Waals surface area contributed by atoms with Gasteiger partial charge >= 0.3 is 0 Å². The van der Waals surface area contributed by atoms with Crippen LogP contribution in [0.1, 0.15) is 5.56 Å². The molecule has 0 fully saturated rings. The van der Waals surface area contributed by atoms with Crippen molar-refractivity contribution in [2.75, 3.05) is 0 Å². The molecule has 0 radical (unpaired) electrons. The van der Waals surface area contributed by atoms with Crippen LogP contribution < -0.4 is 0 Å². The molecule has 0 amide bonds. The van der Waals surface area contributed by atoms with Gasteiger partial charge in [-0.1, -0.05) is 49.1 Å². The van der Waals surface area contributed by atoms with E-state index >= 15 is 0 Å². The van der Waals surface area contributed by atoms with Crippen LogP contribution in [0, 0.1) is 0 Å². The lowest BCUT2D eigenvalue weighted by atomic mass is 10.2. The zero-order valence-corrected chi connectivity index (χ0v) is 6.33. The van der Waals surface area contributed by atoms with Crippen molar-refractivity contribution in [1.29, 1.82) is 0 Å². The van der Waals surface area contributed by atoms with Crippen molar-refractivity contribution in [3.05, 3.63) is 60.4 Å². The zero-order chi connectivity index (χ0) is 7.94. The van der Waals surface area contributed by atoms with Crippen molar-refractivity contribution in [3.63, 3.8) is 0 Å². The predicted molar refractivity (Wildman–Crippen MR) is 49.2 cm³/mol.